The zero-order chi connectivity index (χ0) is 23.3. The van der Waals surface area contributed by atoms with E-state index in [9.17, 15) is 4.79 Å². The Hall–Kier alpha value is -4.52. The van der Waals surface area contributed by atoms with Crippen molar-refractivity contribution in [2.75, 3.05) is 5.32 Å². The van der Waals surface area contributed by atoms with Gasteiger partial charge in [-0.05, 0) is 24.1 Å². The van der Waals surface area contributed by atoms with Gasteiger partial charge in [-0.15, -0.1) is 0 Å². The van der Waals surface area contributed by atoms with Crippen LogP contribution in [0.5, 0.6) is 0 Å². The first-order valence-electron chi connectivity index (χ1n) is 11.2. The summed E-state index contributed by atoms with van der Waals surface area (Å²) in [5.74, 6) is 1.48. The first-order valence-corrected chi connectivity index (χ1v) is 11.2. The van der Waals surface area contributed by atoms with Gasteiger partial charge >= 0.3 is 0 Å². The summed E-state index contributed by atoms with van der Waals surface area (Å²) in [5, 5.41) is 7.10. The van der Waals surface area contributed by atoms with Crippen molar-refractivity contribution in [3.63, 3.8) is 0 Å². The van der Waals surface area contributed by atoms with E-state index in [1.807, 2.05) is 91.9 Å². The Morgan fingerprint density at radius 1 is 0.853 bits per heavy atom. The van der Waals surface area contributed by atoms with Crippen molar-refractivity contribution in [2.45, 2.75) is 19.9 Å². The Balaban J connectivity index is 1.45. The van der Waals surface area contributed by atoms with Crippen LogP contribution >= 0.6 is 0 Å². The maximum absolute atomic E-state index is 12.9. The Kier molecular flexibility index (Phi) is 5.99. The summed E-state index contributed by atoms with van der Waals surface area (Å²) in [6, 6.07) is 27.4. The summed E-state index contributed by atoms with van der Waals surface area (Å²) in [7, 11) is 0. The molecule has 0 aliphatic rings. The lowest BCUT2D eigenvalue weighted by molar-refractivity contribution is 0.0945. The van der Waals surface area contributed by atoms with Crippen LogP contribution < -0.4 is 10.6 Å². The van der Waals surface area contributed by atoms with Crippen molar-refractivity contribution < 1.29 is 4.79 Å². The highest BCUT2D eigenvalue weighted by Crippen LogP contribution is 2.27. The molecule has 168 valence electrons. The second-order valence-corrected chi connectivity index (χ2v) is 7.84. The van der Waals surface area contributed by atoms with Crippen molar-refractivity contribution in [2.24, 2.45) is 0 Å². The summed E-state index contributed by atoms with van der Waals surface area (Å²) in [6.07, 6.45) is 0.641. The van der Waals surface area contributed by atoms with Crippen LogP contribution in [-0.2, 0) is 13.0 Å². The summed E-state index contributed by atoms with van der Waals surface area (Å²) in [5.41, 5.74) is 3.91. The minimum absolute atomic E-state index is 0.220. The highest BCUT2D eigenvalue weighted by molar-refractivity contribution is 5.95. The van der Waals surface area contributed by atoms with E-state index in [1.54, 1.807) is 0 Å². The predicted molar refractivity (Wildman–Crippen MR) is 134 cm³/mol. The maximum atomic E-state index is 12.9. The number of nitrogens with one attached hydrogen (secondary N) is 3. The molecule has 2 aromatic heterocycles. The van der Waals surface area contributed by atoms with Gasteiger partial charge in [-0.3, -0.25) is 4.79 Å². The van der Waals surface area contributed by atoms with Gasteiger partial charge in [0, 0.05) is 23.2 Å². The average molecular weight is 449 g/mol. The zero-order valence-corrected chi connectivity index (χ0v) is 18.7. The van der Waals surface area contributed by atoms with E-state index >= 15 is 0 Å². The lowest BCUT2D eigenvalue weighted by Gasteiger charge is -2.09. The van der Waals surface area contributed by atoms with Gasteiger partial charge in [0.25, 0.3) is 5.91 Å². The first kappa shape index (κ1) is 21.3. The molecule has 2 heterocycles. The van der Waals surface area contributed by atoms with Gasteiger partial charge in [0.1, 0.15) is 5.82 Å². The average Bonchev–Trinajstić information content (AvgIpc) is 3.31. The fraction of sp³-hybridized carbons (Fsp3) is 0.111. The lowest BCUT2D eigenvalue weighted by atomic mass is 10.2. The van der Waals surface area contributed by atoms with Crippen LogP contribution in [0.3, 0.4) is 0 Å². The number of carbonyl (C=O) groups is 1. The van der Waals surface area contributed by atoms with Crippen molar-refractivity contribution in [1.82, 2.24) is 25.3 Å². The summed E-state index contributed by atoms with van der Waals surface area (Å²) >= 11 is 0. The van der Waals surface area contributed by atoms with Crippen LogP contribution in [0.4, 0.5) is 11.8 Å². The van der Waals surface area contributed by atoms with Gasteiger partial charge in [-0.25, -0.2) is 15.0 Å². The molecule has 0 fully saturated rings. The summed E-state index contributed by atoms with van der Waals surface area (Å²) in [4.78, 5) is 30.2. The van der Waals surface area contributed by atoms with E-state index in [-0.39, 0.29) is 5.91 Å². The number of amides is 1. The van der Waals surface area contributed by atoms with Crippen LogP contribution in [0.15, 0.2) is 84.9 Å². The van der Waals surface area contributed by atoms with Gasteiger partial charge in [-0.2, -0.15) is 0 Å². The topological polar surface area (TPSA) is 95.6 Å². The minimum Gasteiger partial charge on any atom is -0.347 e. The number of fused-ring (bicyclic) bond motifs is 1. The molecular weight excluding hydrogens is 424 g/mol. The maximum Gasteiger partial charge on any atom is 0.272 e. The fourth-order valence-electron chi connectivity index (χ4n) is 3.77. The number of aryl methyl sites for hydroxylation is 1. The highest BCUT2D eigenvalue weighted by atomic mass is 16.1. The first-order chi connectivity index (χ1) is 16.7. The SMILES string of the molecule is CCc1[nH]c(Nc2nc(-c3ccccc3)nc3ccccc23)nc1C(=O)NCc1ccccc1. The molecule has 7 heteroatoms. The van der Waals surface area contributed by atoms with Crippen molar-refractivity contribution >= 4 is 28.6 Å². The van der Waals surface area contributed by atoms with Gasteiger partial charge in [0.05, 0.1) is 5.52 Å². The third kappa shape index (κ3) is 4.49. The van der Waals surface area contributed by atoms with Crippen molar-refractivity contribution in [1.29, 1.82) is 0 Å². The predicted octanol–water partition coefficient (Wildman–Crippen LogP) is 5.26. The Morgan fingerprint density at radius 2 is 1.56 bits per heavy atom. The van der Waals surface area contributed by atoms with Crippen LogP contribution in [0.2, 0.25) is 0 Å². The molecule has 34 heavy (non-hydrogen) atoms. The number of benzene rings is 3. The Morgan fingerprint density at radius 3 is 2.32 bits per heavy atom. The minimum atomic E-state index is -0.220. The number of rotatable bonds is 7. The number of H-pyrrole nitrogens is 1. The number of anilines is 2. The smallest absolute Gasteiger partial charge is 0.272 e. The molecule has 0 radical (unpaired) electrons. The molecule has 0 atom stereocenters. The number of aromatic amines is 1. The molecule has 0 spiro atoms. The van der Waals surface area contributed by atoms with E-state index < -0.39 is 0 Å². The number of nitrogens with zero attached hydrogens (tertiary/aromatic N) is 3. The molecule has 0 saturated carbocycles. The monoisotopic (exact) mass is 448 g/mol. The van der Waals surface area contributed by atoms with Crippen LogP contribution in [0.25, 0.3) is 22.3 Å². The number of carbonyl (C=O) groups excluding carboxylic acids is 1. The zero-order valence-electron chi connectivity index (χ0n) is 18.7. The number of imidazole rings is 1. The molecule has 1 amide bonds. The molecule has 0 aliphatic heterocycles. The third-order valence-corrected chi connectivity index (χ3v) is 5.52. The van der Waals surface area contributed by atoms with Crippen molar-refractivity contribution in [3.8, 4) is 11.4 Å². The van der Waals surface area contributed by atoms with Crippen LogP contribution in [-0.4, -0.2) is 25.8 Å². The van der Waals surface area contributed by atoms with E-state index in [2.05, 4.69) is 20.6 Å². The quantitative estimate of drug-likeness (QED) is 0.316. The molecule has 5 rings (SSSR count). The van der Waals surface area contributed by atoms with Crippen molar-refractivity contribution in [3.05, 3.63) is 102 Å². The van der Waals surface area contributed by atoms with Gasteiger partial charge < -0.3 is 15.6 Å². The van der Waals surface area contributed by atoms with Gasteiger partial charge in [0.15, 0.2) is 11.5 Å². The van der Waals surface area contributed by atoms with Gasteiger partial charge in [-0.1, -0.05) is 79.7 Å². The second-order valence-electron chi connectivity index (χ2n) is 7.84. The normalized spacial score (nSPS) is 10.9. The molecule has 0 bridgehead atoms. The van der Waals surface area contributed by atoms with E-state index in [4.69, 9.17) is 9.97 Å². The van der Waals surface area contributed by atoms with Gasteiger partial charge in [0.2, 0.25) is 5.95 Å². The number of hydrogen-bond donors (Lipinski definition) is 3. The Labute approximate surface area is 197 Å². The van der Waals surface area contributed by atoms with E-state index in [0.717, 1.165) is 27.7 Å². The highest BCUT2D eigenvalue weighted by Gasteiger charge is 2.18. The summed E-state index contributed by atoms with van der Waals surface area (Å²) in [6.45, 7) is 2.42. The van der Waals surface area contributed by atoms with E-state index in [0.29, 0.717) is 36.3 Å². The number of hydrogen-bond acceptors (Lipinski definition) is 5. The van der Waals surface area contributed by atoms with Crippen LogP contribution in [0, 0.1) is 0 Å². The number of para-hydroxylation sites is 1. The largest absolute Gasteiger partial charge is 0.347 e. The molecule has 3 N–H and O–H groups in total. The molecule has 7 nitrogen and oxygen atoms in total. The molecular formula is C27H24N6O. The number of aromatic nitrogens is 4. The molecule has 5 aromatic rings. The summed E-state index contributed by atoms with van der Waals surface area (Å²) < 4.78 is 0. The molecule has 3 aromatic carbocycles. The lowest BCUT2D eigenvalue weighted by Crippen LogP contribution is -2.24. The van der Waals surface area contributed by atoms with E-state index in [1.165, 1.54) is 0 Å². The second kappa shape index (κ2) is 9.54. The third-order valence-electron chi connectivity index (χ3n) is 5.52. The molecule has 0 saturated heterocycles. The Bertz CT molecular complexity index is 1430. The molecule has 0 unspecified atom stereocenters. The standard InChI is InChI=1S/C27H24N6O/c1-2-21-23(26(34)28-17-18-11-5-3-6-12-18)31-27(30-21)33-25-20-15-9-10-16-22(20)29-24(32-25)19-13-7-4-8-14-19/h3-16H,2,17H2,1H3,(H,28,34)(H2,29,30,31,32,33). The van der Waals surface area contributed by atoms with Crippen LogP contribution in [0.1, 0.15) is 28.7 Å². The molecule has 0 aliphatic carbocycles. The fourth-order valence-corrected chi connectivity index (χ4v) is 3.77.